The maximum atomic E-state index is 11.3. The molecule has 0 amide bonds. The fraction of sp³-hybridized carbons (Fsp3) is 0.214. The minimum atomic E-state index is -4.38. The molecule has 3 rings (SSSR count). The summed E-state index contributed by atoms with van der Waals surface area (Å²) in [6.45, 7) is 0.301. The van der Waals surface area contributed by atoms with Crippen LogP contribution in [0.1, 0.15) is 0 Å². The molecule has 0 radical (unpaired) electrons. The molecule has 0 aliphatic carbocycles. The summed E-state index contributed by atoms with van der Waals surface area (Å²) in [5, 5.41) is 12.8. The summed E-state index contributed by atoms with van der Waals surface area (Å²) in [5.41, 5.74) is 0.307. The quantitative estimate of drug-likeness (QED) is 0.147. The zero-order valence-corrected chi connectivity index (χ0v) is 20.7. The molecular weight excluding hydrogens is 550 g/mol. The molecule has 0 saturated heterocycles. The predicted octanol–water partition coefficient (Wildman–Crippen LogP) is -0.912. The van der Waals surface area contributed by atoms with E-state index in [1.807, 2.05) is 0 Å². The van der Waals surface area contributed by atoms with E-state index in [1.54, 1.807) is 6.07 Å². The van der Waals surface area contributed by atoms with E-state index in [0.717, 1.165) is 18.0 Å². The van der Waals surface area contributed by atoms with Crippen LogP contribution in [0.3, 0.4) is 0 Å². The molecule has 190 valence electrons. The number of nitrogens with zero attached hydrogens (tertiary/aromatic N) is 5. The molecule has 0 aliphatic rings. The monoisotopic (exact) mass is 567 g/mol. The number of hydrogen-bond donors (Lipinski definition) is 5. The van der Waals surface area contributed by atoms with Gasteiger partial charge in [-0.2, -0.15) is 28.5 Å². The number of nitrogens with one attached hydrogen (secondary N) is 4. The zero-order chi connectivity index (χ0) is 26.1. The number of aromatic amines is 1. The average molecular weight is 568 g/mol. The number of aromatic nitrogens is 6. The Morgan fingerprint density at radius 1 is 1.06 bits per heavy atom. The number of benzene rings is 1. The lowest BCUT2D eigenvalue weighted by atomic mass is 10.3. The highest BCUT2D eigenvalue weighted by atomic mass is 32.2. The van der Waals surface area contributed by atoms with Gasteiger partial charge < -0.3 is 10.6 Å². The first-order valence-electron chi connectivity index (χ1n) is 8.91. The molecule has 0 spiro atoms. The van der Waals surface area contributed by atoms with Crippen LogP contribution >= 0.6 is 11.8 Å². The van der Waals surface area contributed by atoms with Crippen LogP contribution in [0.25, 0.3) is 0 Å². The van der Waals surface area contributed by atoms with Crippen LogP contribution in [-0.4, -0.2) is 83.5 Å². The van der Waals surface area contributed by atoms with Gasteiger partial charge in [0.25, 0.3) is 10.1 Å². The van der Waals surface area contributed by atoms with E-state index in [9.17, 15) is 21.4 Å². The van der Waals surface area contributed by atoms with Crippen molar-refractivity contribution >= 4 is 60.1 Å². The molecule has 0 aliphatic heterocycles. The summed E-state index contributed by atoms with van der Waals surface area (Å²) in [4.78, 5) is 16.3. The van der Waals surface area contributed by atoms with Crippen LogP contribution in [0.2, 0.25) is 0 Å². The highest BCUT2D eigenvalue weighted by molar-refractivity contribution is 7.99. The van der Waals surface area contributed by atoms with Crippen LogP contribution in [0.5, 0.6) is 0 Å². The van der Waals surface area contributed by atoms with Crippen LogP contribution in [0.15, 0.2) is 45.8 Å². The number of anilines is 3. The Hall–Kier alpha value is -3.24. The summed E-state index contributed by atoms with van der Waals surface area (Å²) in [7, 11) is -10.8. The fourth-order valence-electron chi connectivity index (χ4n) is 2.14. The molecule has 21 heteroatoms. The number of H-pyrrole nitrogens is 1. The van der Waals surface area contributed by atoms with E-state index < -0.39 is 30.8 Å². The largest absolute Gasteiger partial charge is 0.425 e. The van der Waals surface area contributed by atoms with Gasteiger partial charge in [0.05, 0.1) is 11.2 Å². The topological polar surface area (TPSA) is 256 Å². The lowest BCUT2D eigenvalue weighted by molar-refractivity contribution is 0.483. The summed E-state index contributed by atoms with van der Waals surface area (Å²) >= 11 is 1.07. The summed E-state index contributed by atoms with van der Waals surface area (Å²) in [6.07, 6.45) is 2.37. The van der Waals surface area contributed by atoms with Crippen molar-refractivity contribution in [3.63, 3.8) is 0 Å². The first kappa shape index (κ1) is 28.0. The fourth-order valence-corrected chi connectivity index (χ4v) is 3.78. The third-order valence-electron chi connectivity index (χ3n) is 3.36. The summed E-state index contributed by atoms with van der Waals surface area (Å²) in [5.74, 6) is 0.212. The van der Waals surface area contributed by atoms with Gasteiger partial charge in [0.15, 0.2) is 5.16 Å². The van der Waals surface area contributed by atoms with Crippen LogP contribution in [0, 0.1) is 0 Å². The number of hydrogen-bond acceptors (Lipinski definition) is 15. The van der Waals surface area contributed by atoms with Gasteiger partial charge in [-0.3, -0.25) is 9.65 Å². The van der Waals surface area contributed by atoms with Crippen LogP contribution in [-0.2, 0) is 30.8 Å². The van der Waals surface area contributed by atoms with Gasteiger partial charge in [0, 0.05) is 18.8 Å². The summed E-state index contributed by atoms with van der Waals surface area (Å²) in [6, 6.07) is 5.45. The first-order valence-corrected chi connectivity index (χ1v) is 14.1. The normalized spacial score (nSPS) is 11.3. The maximum absolute atomic E-state index is 11.3. The average Bonchev–Trinajstić information content (AvgIpc) is 3.23. The molecular formula is C14H17N9O8S4. The Morgan fingerprint density at radius 2 is 1.74 bits per heavy atom. The molecule has 35 heavy (non-hydrogen) atoms. The molecule has 1 aromatic carbocycles. The van der Waals surface area contributed by atoms with Gasteiger partial charge in [-0.05, 0) is 30.0 Å². The lowest BCUT2D eigenvalue weighted by Crippen LogP contribution is -2.28. The Bertz CT molecular complexity index is 1460. The van der Waals surface area contributed by atoms with E-state index >= 15 is 0 Å². The van der Waals surface area contributed by atoms with Crippen molar-refractivity contribution in [1.82, 2.24) is 34.9 Å². The Morgan fingerprint density at radius 3 is 2.34 bits per heavy atom. The van der Waals surface area contributed by atoms with Crippen molar-refractivity contribution in [3.05, 3.63) is 30.6 Å². The van der Waals surface area contributed by atoms with Crippen molar-refractivity contribution in [2.24, 2.45) is 0 Å². The Labute approximate surface area is 204 Å². The molecule has 3 aromatic rings. The van der Waals surface area contributed by atoms with E-state index in [0.29, 0.717) is 10.8 Å². The second-order valence-corrected chi connectivity index (χ2v) is 10.7. The molecule has 0 atom stereocenters. The van der Waals surface area contributed by atoms with E-state index in [-0.39, 0.29) is 35.0 Å². The van der Waals surface area contributed by atoms with Gasteiger partial charge in [0.2, 0.25) is 27.1 Å². The smallest absolute Gasteiger partial charge is 0.353 e. The predicted molar refractivity (Wildman–Crippen MR) is 121 cm³/mol. The Kier molecular flexibility index (Phi) is 9.97. The highest BCUT2D eigenvalue weighted by Crippen LogP contribution is 2.24. The first-order chi connectivity index (χ1) is 16.3. The Balaban J connectivity index is 0.00000100. The van der Waals surface area contributed by atoms with Crippen molar-refractivity contribution in [1.29, 1.82) is 0 Å². The van der Waals surface area contributed by atoms with Crippen molar-refractivity contribution in [3.8, 4) is 0 Å². The summed E-state index contributed by atoms with van der Waals surface area (Å²) < 4.78 is 81.9. The van der Waals surface area contributed by atoms with Crippen molar-refractivity contribution in [2.45, 2.75) is 15.2 Å². The standard InChI is InChI=1S/C14H17N9O5S3.O3S/c1-30(24,25)18-6-5-15-11-20-12(22-14(21-11)29-13-16-8-17-23-13)19-9-3-2-4-10(7-9)31(26,27)28;1-4(2)3/h2-4,7-8,18H,5-6H2,1H3,(H,16,17,23)(H,26,27,28)(H2,15,19,20,21,22);. The van der Waals surface area contributed by atoms with Crippen molar-refractivity contribution in [2.75, 3.05) is 30.0 Å². The second-order valence-electron chi connectivity index (χ2n) is 6.08. The van der Waals surface area contributed by atoms with E-state index in [4.69, 9.17) is 12.6 Å². The van der Waals surface area contributed by atoms with E-state index in [1.165, 1.54) is 24.5 Å². The lowest BCUT2D eigenvalue weighted by Gasteiger charge is -2.10. The van der Waals surface area contributed by atoms with Gasteiger partial charge in [-0.1, -0.05) is 6.07 Å². The molecule has 0 unspecified atom stereocenters. The van der Waals surface area contributed by atoms with Gasteiger partial charge in [-0.25, -0.2) is 18.1 Å². The number of rotatable bonds is 10. The highest BCUT2D eigenvalue weighted by Gasteiger charge is 2.13. The second kappa shape index (κ2) is 12.5. The van der Waals surface area contributed by atoms with Gasteiger partial charge in [0.1, 0.15) is 6.33 Å². The van der Waals surface area contributed by atoms with Crippen LogP contribution in [0.4, 0.5) is 17.6 Å². The minimum absolute atomic E-state index is 0.0723. The molecule has 17 nitrogen and oxygen atoms in total. The molecule has 0 bridgehead atoms. The maximum Gasteiger partial charge on any atom is 0.425 e. The molecule has 2 heterocycles. The zero-order valence-electron chi connectivity index (χ0n) is 17.5. The molecule has 5 N–H and O–H groups in total. The van der Waals surface area contributed by atoms with Crippen LogP contribution < -0.4 is 15.4 Å². The molecule has 0 saturated carbocycles. The minimum Gasteiger partial charge on any atom is -0.353 e. The van der Waals surface area contributed by atoms with Gasteiger partial charge >= 0.3 is 10.6 Å². The third kappa shape index (κ3) is 11.2. The molecule has 0 fully saturated rings. The van der Waals surface area contributed by atoms with E-state index in [2.05, 4.69) is 45.5 Å². The SMILES string of the molecule is CS(=O)(=O)NCCNc1nc(Nc2cccc(S(=O)(=O)O)c2)nc(Sc2ncn[nH]2)n1.O=S(=O)=O. The third-order valence-corrected chi connectivity index (χ3v) is 5.69. The number of sulfonamides is 1. The molecule has 2 aromatic heterocycles. The van der Waals surface area contributed by atoms with Crippen molar-refractivity contribution < 1.29 is 34.0 Å². The van der Waals surface area contributed by atoms with Gasteiger partial charge in [-0.15, -0.1) is 12.6 Å².